The molecule has 0 radical (unpaired) electrons. The summed E-state index contributed by atoms with van der Waals surface area (Å²) in [5, 5.41) is 21.9. The van der Waals surface area contributed by atoms with E-state index in [2.05, 4.69) is 10.3 Å². The minimum Gasteiger partial charge on any atom is -0.478 e. The molecule has 19 heavy (non-hydrogen) atoms. The topological polar surface area (TPSA) is 82.5 Å². The number of carboxylic acids is 1. The van der Waals surface area contributed by atoms with Gasteiger partial charge in [-0.25, -0.2) is 4.79 Å². The molecular formula is C14H20N2O3. The van der Waals surface area contributed by atoms with Crippen molar-refractivity contribution in [2.75, 3.05) is 11.9 Å². The molecule has 0 amide bonds. The van der Waals surface area contributed by atoms with E-state index < -0.39 is 5.97 Å². The van der Waals surface area contributed by atoms with Gasteiger partial charge in [0.2, 0.25) is 0 Å². The van der Waals surface area contributed by atoms with Crippen molar-refractivity contribution < 1.29 is 15.0 Å². The number of aryl methyl sites for hydroxylation is 1. The summed E-state index contributed by atoms with van der Waals surface area (Å²) < 4.78 is 0. The molecule has 1 heterocycles. The zero-order valence-corrected chi connectivity index (χ0v) is 11.1. The third kappa shape index (κ3) is 3.67. The highest BCUT2D eigenvalue weighted by Crippen LogP contribution is 2.25. The maximum Gasteiger partial charge on any atom is 0.339 e. The SMILES string of the molecule is Cc1cc(NCC2CCCC(O)C2)c(C(=O)O)cn1. The molecule has 0 aliphatic heterocycles. The lowest BCUT2D eigenvalue weighted by Gasteiger charge is -2.26. The minimum absolute atomic E-state index is 0.196. The summed E-state index contributed by atoms with van der Waals surface area (Å²) >= 11 is 0. The summed E-state index contributed by atoms with van der Waals surface area (Å²) in [6, 6.07) is 1.75. The van der Waals surface area contributed by atoms with Crippen LogP contribution < -0.4 is 5.32 Å². The van der Waals surface area contributed by atoms with Gasteiger partial charge >= 0.3 is 5.97 Å². The second-order valence-corrected chi connectivity index (χ2v) is 5.24. The summed E-state index contributed by atoms with van der Waals surface area (Å²) in [4.78, 5) is 15.1. The van der Waals surface area contributed by atoms with E-state index in [9.17, 15) is 9.90 Å². The molecule has 3 N–H and O–H groups in total. The standard InChI is InChI=1S/C14H20N2O3/c1-9-5-13(12(8-15-9)14(18)19)16-7-10-3-2-4-11(17)6-10/h5,8,10-11,17H,2-4,6-7H2,1H3,(H,15,16)(H,18,19). The number of nitrogens with one attached hydrogen (secondary N) is 1. The van der Waals surface area contributed by atoms with Crippen LogP contribution in [0.3, 0.4) is 0 Å². The van der Waals surface area contributed by atoms with E-state index >= 15 is 0 Å². The smallest absolute Gasteiger partial charge is 0.339 e. The van der Waals surface area contributed by atoms with Gasteiger partial charge in [0.25, 0.3) is 0 Å². The molecule has 1 aliphatic carbocycles. The zero-order chi connectivity index (χ0) is 13.8. The summed E-state index contributed by atoms with van der Waals surface area (Å²) in [5.41, 5.74) is 1.60. The number of hydrogen-bond acceptors (Lipinski definition) is 4. The molecule has 104 valence electrons. The van der Waals surface area contributed by atoms with E-state index in [-0.39, 0.29) is 11.7 Å². The summed E-state index contributed by atoms with van der Waals surface area (Å²) in [6.07, 6.45) is 4.96. The van der Waals surface area contributed by atoms with Crippen LogP contribution in [-0.2, 0) is 0 Å². The summed E-state index contributed by atoms with van der Waals surface area (Å²) in [7, 11) is 0. The van der Waals surface area contributed by atoms with Gasteiger partial charge < -0.3 is 15.5 Å². The molecule has 0 saturated heterocycles. The minimum atomic E-state index is -0.973. The van der Waals surface area contributed by atoms with Gasteiger partial charge in [0.15, 0.2) is 0 Å². The van der Waals surface area contributed by atoms with Gasteiger partial charge in [0, 0.05) is 18.4 Å². The summed E-state index contributed by atoms with van der Waals surface area (Å²) in [6.45, 7) is 2.53. The molecule has 0 spiro atoms. The molecule has 1 aromatic rings. The number of pyridine rings is 1. The van der Waals surface area contributed by atoms with Gasteiger partial charge in [-0.1, -0.05) is 6.42 Å². The largest absolute Gasteiger partial charge is 0.478 e. The van der Waals surface area contributed by atoms with Crippen molar-refractivity contribution in [3.8, 4) is 0 Å². The highest BCUT2D eigenvalue weighted by molar-refractivity contribution is 5.93. The number of aromatic nitrogens is 1. The predicted molar refractivity (Wildman–Crippen MR) is 72.4 cm³/mol. The van der Waals surface area contributed by atoms with Gasteiger partial charge in [-0.15, -0.1) is 0 Å². The Morgan fingerprint density at radius 1 is 1.53 bits per heavy atom. The first-order valence-corrected chi connectivity index (χ1v) is 6.68. The maximum atomic E-state index is 11.1. The highest BCUT2D eigenvalue weighted by Gasteiger charge is 2.20. The zero-order valence-electron chi connectivity index (χ0n) is 11.1. The molecular weight excluding hydrogens is 244 g/mol. The lowest BCUT2D eigenvalue weighted by atomic mass is 9.87. The van der Waals surface area contributed by atoms with Crippen LogP contribution in [0.1, 0.15) is 41.7 Å². The third-order valence-corrected chi connectivity index (χ3v) is 3.61. The van der Waals surface area contributed by atoms with E-state index in [0.29, 0.717) is 18.2 Å². The number of anilines is 1. The van der Waals surface area contributed by atoms with Crippen molar-refractivity contribution in [2.24, 2.45) is 5.92 Å². The number of aliphatic hydroxyl groups excluding tert-OH is 1. The fourth-order valence-electron chi connectivity index (χ4n) is 2.58. The Morgan fingerprint density at radius 2 is 2.32 bits per heavy atom. The van der Waals surface area contributed by atoms with E-state index in [4.69, 9.17) is 5.11 Å². The Morgan fingerprint density at radius 3 is 3.00 bits per heavy atom. The second-order valence-electron chi connectivity index (χ2n) is 5.24. The number of rotatable bonds is 4. The Bertz CT molecular complexity index is 462. The molecule has 2 atom stereocenters. The second kappa shape index (κ2) is 6.02. The Labute approximate surface area is 112 Å². The fraction of sp³-hybridized carbons (Fsp3) is 0.571. The van der Waals surface area contributed by atoms with E-state index in [1.54, 1.807) is 6.07 Å². The normalized spacial score (nSPS) is 23.1. The number of carbonyl (C=O) groups is 1. The van der Waals surface area contributed by atoms with Crippen LogP contribution in [0.15, 0.2) is 12.3 Å². The van der Waals surface area contributed by atoms with E-state index in [1.807, 2.05) is 6.92 Å². The Hall–Kier alpha value is -1.62. The van der Waals surface area contributed by atoms with Gasteiger partial charge in [0.05, 0.1) is 11.8 Å². The molecule has 0 bridgehead atoms. The number of aliphatic hydroxyl groups is 1. The molecule has 1 fully saturated rings. The number of nitrogens with zero attached hydrogens (tertiary/aromatic N) is 1. The average Bonchev–Trinajstić information content (AvgIpc) is 2.36. The Kier molecular flexibility index (Phi) is 4.37. The molecule has 2 rings (SSSR count). The number of hydrogen-bond donors (Lipinski definition) is 3. The Balaban J connectivity index is 2.02. The fourth-order valence-corrected chi connectivity index (χ4v) is 2.58. The molecule has 0 aromatic carbocycles. The van der Waals surface area contributed by atoms with E-state index in [1.165, 1.54) is 6.20 Å². The van der Waals surface area contributed by atoms with Crippen molar-refractivity contribution in [1.29, 1.82) is 0 Å². The number of aromatic carboxylic acids is 1. The van der Waals surface area contributed by atoms with Gasteiger partial charge in [-0.05, 0) is 38.2 Å². The molecule has 1 aromatic heterocycles. The first-order chi connectivity index (χ1) is 9.06. The van der Waals surface area contributed by atoms with Crippen molar-refractivity contribution in [2.45, 2.75) is 38.7 Å². The average molecular weight is 264 g/mol. The lowest BCUT2D eigenvalue weighted by molar-refractivity contribution is 0.0697. The maximum absolute atomic E-state index is 11.1. The van der Waals surface area contributed by atoms with Crippen molar-refractivity contribution in [3.63, 3.8) is 0 Å². The van der Waals surface area contributed by atoms with Crippen molar-refractivity contribution >= 4 is 11.7 Å². The highest BCUT2D eigenvalue weighted by atomic mass is 16.4. The van der Waals surface area contributed by atoms with Crippen LogP contribution in [0.5, 0.6) is 0 Å². The van der Waals surface area contributed by atoms with Crippen molar-refractivity contribution in [1.82, 2.24) is 4.98 Å². The summed E-state index contributed by atoms with van der Waals surface area (Å²) in [5.74, 6) is -0.572. The van der Waals surface area contributed by atoms with Gasteiger partial charge in [-0.3, -0.25) is 4.98 Å². The molecule has 5 nitrogen and oxygen atoms in total. The van der Waals surface area contributed by atoms with Crippen molar-refractivity contribution in [3.05, 3.63) is 23.5 Å². The molecule has 1 aliphatic rings. The monoisotopic (exact) mass is 264 g/mol. The van der Waals surface area contributed by atoms with Crippen LogP contribution in [-0.4, -0.2) is 33.8 Å². The van der Waals surface area contributed by atoms with Crippen LogP contribution in [0.2, 0.25) is 0 Å². The van der Waals surface area contributed by atoms with Crippen LogP contribution in [0.4, 0.5) is 5.69 Å². The molecule has 2 unspecified atom stereocenters. The third-order valence-electron chi connectivity index (χ3n) is 3.61. The van der Waals surface area contributed by atoms with Crippen LogP contribution >= 0.6 is 0 Å². The van der Waals surface area contributed by atoms with Gasteiger partial charge in [0.1, 0.15) is 5.56 Å². The predicted octanol–water partition coefficient (Wildman–Crippen LogP) is 2.05. The molecule has 5 heteroatoms. The number of carboxylic acid groups (broad SMARTS) is 1. The lowest BCUT2D eigenvalue weighted by Crippen LogP contribution is -2.25. The van der Waals surface area contributed by atoms with E-state index in [0.717, 1.165) is 31.4 Å². The van der Waals surface area contributed by atoms with Crippen LogP contribution in [0, 0.1) is 12.8 Å². The van der Waals surface area contributed by atoms with Crippen LogP contribution in [0.25, 0.3) is 0 Å². The van der Waals surface area contributed by atoms with Gasteiger partial charge in [-0.2, -0.15) is 0 Å². The quantitative estimate of drug-likeness (QED) is 0.775. The first kappa shape index (κ1) is 13.8. The first-order valence-electron chi connectivity index (χ1n) is 6.68. The molecule has 1 saturated carbocycles.